The van der Waals surface area contributed by atoms with E-state index >= 15 is 0 Å². The second-order valence-electron chi connectivity index (χ2n) is 5.16. The van der Waals surface area contributed by atoms with E-state index in [4.69, 9.17) is 4.74 Å². The van der Waals surface area contributed by atoms with Crippen LogP contribution in [-0.4, -0.2) is 19.7 Å². The van der Waals surface area contributed by atoms with Crippen molar-refractivity contribution in [1.29, 1.82) is 0 Å². The molecule has 2 nitrogen and oxygen atoms in total. The molecule has 0 radical (unpaired) electrons. The molecule has 0 heterocycles. The minimum atomic E-state index is -0.177. The standard InChI is InChI=1S/C15H22FNO/c1-11-9-13(7-8-14(11)16)18-10-15(17-2)12-5-3-4-6-12/h7-9,12,15,17H,3-6,10H2,1-2H3. The fraction of sp³-hybridized carbons (Fsp3) is 0.600. The number of rotatable bonds is 5. The first kappa shape index (κ1) is 13.3. The monoisotopic (exact) mass is 251 g/mol. The van der Waals surface area contributed by atoms with Crippen LogP contribution in [-0.2, 0) is 0 Å². The molecule has 0 aliphatic heterocycles. The van der Waals surface area contributed by atoms with Gasteiger partial charge in [-0.2, -0.15) is 0 Å². The maximum atomic E-state index is 13.1. The molecule has 100 valence electrons. The van der Waals surface area contributed by atoms with Crippen molar-refractivity contribution in [3.63, 3.8) is 0 Å². The summed E-state index contributed by atoms with van der Waals surface area (Å²) in [5, 5.41) is 3.34. The third-order valence-corrected chi connectivity index (χ3v) is 3.90. The van der Waals surface area contributed by atoms with Gasteiger partial charge >= 0.3 is 0 Å². The van der Waals surface area contributed by atoms with Gasteiger partial charge in [0.05, 0.1) is 0 Å². The molecule has 1 aliphatic carbocycles. The van der Waals surface area contributed by atoms with Gasteiger partial charge < -0.3 is 10.1 Å². The highest BCUT2D eigenvalue weighted by molar-refractivity contribution is 5.28. The van der Waals surface area contributed by atoms with Crippen molar-refractivity contribution in [3.05, 3.63) is 29.6 Å². The zero-order valence-corrected chi connectivity index (χ0v) is 11.2. The molecule has 0 saturated heterocycles. The Hall–Kier alpha value is -1.09. The molecule has 0 spiro atoms. The Bertz CT molecular complexity index is 388. The van der Waals surface area contributed by atoms with E-state index in [9.17, 15) is 4.39 Å². The number of benzene rings is 1. The van der Waals surface area contributed by atoms with Crippen molar-refractivity contribution in [2.45, 2.75) is 38.6 Å². The molecule has 1 unspecified atom stereocenters. The summed E-state index contributed by atoms with van der Waals surface area (Å²) >= 11 is 0. The molecule has 1 aromatic rings. The van der Waals surface area contributed by atoms with Crippen molar-refractivity contribution < 1.29 is 9.13 Å². The van der Waals surface area contributed by atoms with Crippen LogP contribution in [0.3, 0.4) is 0 Å². The Labute approximate surface area is 109 Å². The smallest absolute Gasteiger partial charge is 0.126 e. The van der Waals surface area contributed by atoms with Crippen LogP contribution in [0.4, 0.5) is 4.39 Å². The number of aryl methyl sites for hydroxylation is 1. The summed E-state index contributed by atoms with van der Waals surface area (Å²) in [6.07, 6.45) is 5.24. The lowest BCUT2D eigenvalue weighted by Gasteiger charge is -2.23. The lowest BCUT2D eigenvalue weighted by Crippen LogP contribution is -2.37. The van der Waals surface area contributed by atoms with Gasteiger partial charge in [0, 0.05) is 6.04 Å². The summed E-state index contributed by atoms with van der Waals surface area (Å²) in [5.74, 6) is 1.30. The minimum Gasteiger partial charge on any atom is -0.492 e. The zero-order valence-electron chi connectivity index (χ0n) is 11.2. The van der Waals surface area contributed by atoms with E-state index in [1.165, 1.54) is 31.7 Å². The molecule has 3 heteroatoms. The van der Waals surface area contributed by atoms with Gasteiger partial charge in [0.1, 0.15) is 18.2 Å². The molecule has 1 aliphatic rings. The molecular formula is C15H22FNO. The van der Waals surface area contributed by atoms with Crippen molar-refractivity contribution in [3.8, 4) is 5.75 Å². The van der Waals surface area contributed by atoms with Gasteiger partial charge in [0.2, 0.25) is 0 Å². The van der Waals surface area contributed by atoms with Gasteiger partial charge in [-0.05, 0) is 56.5 Å². The molecule has 0 amide bonds. The van der Waals surface area contributed by atoms with Crippen LogP contribution < -0.4 is 10.1 Å². The molecule has 1 aromatic carbocycles. The van der Waals surface area contributed by atoms with E-state index in [2.05, 4.69) is 5.32 Å². The third kappa shape index (κ3) is 3.22. The number of ether oxygens (including phenoxy) is 1. The number of hydrogen-bond donors (Lipinski definition) is 1. The van der Waals surface area contributed by atoms with E-state index < -0.39 is 0 Å². The van der Waals surface area contributed by atoms with Gasteiger partial charge in [0.25, 0.3) is 0 Å². The second kappa shape index (κ2) is 6.19. The largest absolute Gasteiger partial charge is 0.492 e. The van der Waals surface area contributed by atoms with Gasteiger partial charge in [-0.3, -0.25) is 0 Å². The first-order valence-electron chi connectivity index (χ1n) is 6.77. The van der Waals surface area contributed by atoms with Crippen molar-refractivity contribution in [2.24, 2.45) is 5.92 Å². The Morgan fingerprint density at radius 2 is 2.11 bits per heavy atom. The molecule has 1 saturated carbocycles. The predicted molar refractivity (Wildman–Crippen MR) is 71.4 cm³/mol. The second-order valence-corrected chi connectivity index (χ2v) is 5.16. The van der Waals surface area contributed by atoms with Crippen LogP contribution in [0.15, 0.2) is 18.2 Å². The molecule has 2 rings (SSSR count). The summed E-state index contributed by atoms with van der Waals surface area (Å²) in [7, 11) is 1.99. The zero-order chi connectivity index (χ0) is 13.0. The van der Waals surface area contributed by atoms with Crippen molar-refractivity contribution in [1.82, 2.24) is 5.32 Å². The van der Waals surface area contributed by atoms with Crippen LogP contribution in [0.5, 0.6) is 5.75 Å². The van der Waals surface area contributed by atoms with Crippen LogP contribution >= 0.6 is 0 Å². The topological polar surface area (TPSA) is 21.3 Å². The van der Waals surface area contributed by atoms with Gasteiger partial charge in [-0.25, -0.2) is 4.39 Å². The Morgan fingerprint density at radius 1 is 1.39 bits per heavy atom. The highest BCUT2D eigenvalue weighted by Crippen LogP contribution is 2.28. The maximum absolute atomic E-state index is 13.1. The highest BCUT2D eigenvalue weighted by atomic mass is 19.1. The van der Waals surface area contributed by atoms with E-state index in [1.807, 2.05) is 7.05 Å². The number of likely N-dealkylation sites (N-methyl/N-ethyl adjacent to an activating group) is 1. The first-order chi connectivity index (χ1) is 8.70. The van der Waals surface area contributed by atoms with Gasteiger partial charge in [0.15, 0.2) is 0 Å². The van der Waals surface area contributed by atoms with E-state index in [0.717, 1.165) is 11.7 Å². The normalized spacial score (nSPS) is 17.9. The first-order valence-corrected chi connectivity index (χ1v) is 6.77. The summed E-state index contributed by atoms with van der Waals surface area (Å²) in [6, 6.07) is 5.33. The van der Waals surface area contributed by atoms with Gasteiger partial charge in [-0.1, -0.05) is 12.8 Å². The fourth-order valence-corrected chi connectivity index (χ4v) is 2.71. The third-order valence-electron chi connectivity index (χ3n) is 3.90. The van der Waals surface area contributed by atoms with E-state index in [-0.39, 0.29) is 5.82 Å². The Morgan fingerprint density at radius 3 is 2.72 bits per heavy atom. The molecule has 1 atom stereocenters. The van der Waals surface area contributed by atoms with Gasteiger partial charge in [-0.15, -0.1) is 0 Å². The Balaban J connectivity index is 1.90. The molecular weight excluding hydrogens is 229 g/mol. The predicted octanol–water partition coefficient (Wildman–Crippen LogP) is 3.29. The average Bonchev–Trinajstić information content (AvgIpc) is 2.88. The summed E-state index contributed by atoms with van der Waals surface area (Å²) in [4.78, 5) is 0. The lowest BCUT2D eigenvalue weighted by molar-refractivity contribution is 0.224. The number of hydrogen-bond acceptors (Lipinski definition) is 2. The molecule has 1 N–H and O–H groups in total. The summed E-state index contributed by atoms with van der Waals surface area (Å²) in [6.45, 7) is 2.42. The highest BCUT2D eigenvalue weighted by Gasteiger charge is 2.24. The lowest BCUT2D eigenvalue weighted by atomic mass is 9.99. The molecule has 0 bridgehead atoms. The van der Waals surface area contributed by atoms with Crippen LogP contribution in [0, 0.1) is 18.7 Å². The Kier molecular flexibility index (Phi) is 4.59. The van der Waals surface area contributed by atoms with Crippen LogP contribution in [0.25, 0.3) is 0 Å². The molecule has 1 fully saturated rings. The fourth-order valence-electron chi connectivity index (χ4n) is 2.71. The summed E-state index contributed by atoms with van der Waals surface area (Å²) in [5.41, 5.74) is 0.634. The average molecular weight is 251 g/mol. The SMILES string of the molecule is CNC(COc1ccc(F)c(C)c1)C1CCCC1. The number of halogens is 1. The molecule has 0 aromatic heterocycles. The number of nitrogens with one attached hydrogen (secondary N) is 1. The molecule has 18 heavy (non-hydrogen) atoms. The summed E-state index contributed by atoms with van der Waals surface area (Å²) < 4.78 is 18.9. The minimum absolute atomic E-state index is 0.177. The van der Waals surface area contributed by atoms with E-state index in [1.54, 1.807) is 19.1 Å². The maximum Gasteiger partial charge on any atom is 0.126 e. The van der Waals surface area contributed by atoms with Crippen molar-refractivity contribution in [2.75, 3.05) is 13.7 Å². The van der Waals surface area contributed by atoms with Crippen LogP contribution in [0.1, 0.15) is 31.2 Å². The quantitative estimate of drug-likeness (QED) is 0.867. The van der Waals surface area contributed by atoms with Crippen molar-refractivity contribution >= 4 is 0 Å². The van der Waals surface area contributed by atoms with E-state index in [0.29, 0.717) is 18.2 Å². The van der Waals surface area contributed by atoms with Crippen LogP contribution in [0.2, 0.25) is 0 Å².